The SMILES string of the molecule is CN(C)c1cccc(C(=O)NNC(=O)c2n[nH]c3ccccc23)c1. The van der Waals surface area contributed by atoms with Crippen LogP contribution in [0.15, 0.2) is 48.5 Å². The summed E-state index contributed by atoms with van der Waals surface area (Å²) >= 11 is 0. The van der Waals surface area contributed by atoms with E-state index in [0.717, 1.165) is 11.2 Å². The van der Waals surface area contributed by atoms with E-state index in [-0.39, 0.29) is 5.69 Å². The molecule has 0 saturated heterocycles. The summed E-state index contributed by atoms with van der Waals surface area (Å²) in [5.41, 5.74) is 7.13. The highest BCUT2D eigenvalue weighted by Crippen LogP contribution is 2.15. The van der Waals surface area contributed by atoms with Gasteiger partial charge in [0.2, 0.25) is 0 Å². The summed E-state index contributed by atoms with van der Waals surface area (Å²) in [5.74, 6) is -0.878. The van der Waals surface area contributed by atoms with Gasteiger partial charge in [0.05, 0.1) is 5.52 Å². The van der Waals surface area contributed by atoms with Gasteiger partial charge in [0, 0.05) is 30.7 Å². The molecule has 0 bridgehead atoms. The second kappa shape index (κ2) is 6.41. The van der Waals surface area contributed by atoms with Crippen molar-refractivity contribution in [3.8, 4) is 0 Å². The maximum Gasteiger partial charge on any atom is 0.290 e. The molecule has 0 aliphatic carbocycles. The quantitative estimate of drug-likeness (QED) is 0.640. The number of aromatic nitrogens is 2. The van der Waals surface area contributed by atoms with E-state index < -0.39 is 11.8 Å². The average Bonchev–Trinajstić information content (AvgIpc) is 3.03. The number of carbonyl (C=O) groups is 2. The minimum atomic E-state index is -0.482. The molecule has 0 aliphatic heterocycles. The highest BCUT2D eigenvalue weighted by Gasteiger charge is 2.15. The van der Waals surface area contributed by atoms with Gasteiger partial charge in [-0.05, 0) is 24.3 Å². The molecule has 2 amide bonds. The first-order valence-electron chi connectivity index (χ1n) is 7.37. The Morgan fingerprint density at radius 3 is 2.54 bits per heavy atom. The van der Waals surface area contributed by atoms with E-state index in [1.807, 2.05) is 43.3 Å². The number of amides is 2. The van der Waals surface area contributed by atoms with Crippen LogP contribution in [0, 0.1) is 0 Å². The molecule has 2 aromatic carbocycles. The largest absolute Gasteiger partial charge is 0.378 e. The third-order valence-corrected chi connectivity index (χ3v) is 3.60. The molecule has 3 N–H and O–H groups in total. The number of nitrogens with zero attached hydrogens (tertiary/aromatic N) is 2. The van der Waals surface area contributed by atoms with Gasteiger partial charge in [-0.1, -0.05) is 24.3 Å². The molecule has 1 heterocycles. The second-order valence-electron chi connectivity index (χ2n) is 5.47. The lowest BCUT2D eigenvalue weighted by atomic mass is 10.2. The van der Waals surface area contributed by atoms with Crippen LogP contribution in [0.3, 0.4) is 0 Å². The van der Waals surface area contributed by atoms with Crippen molar-refractivity contribution in [2.24, 2.45) is 0 Å². The summed E-state index contributed by atoms with van der Waals surface area (Å²) in [6.45, 7) is 0. The molecule has 7 nitrogen and oxygen atoms in total. The van der Waals surface area contributed by atoms with Crippen molar-refractivity contribution in [2.45, 2.75) is 0 Å². The number of hydrogen-bond donors (Lipinski definition) is 3. The number of anilines is 1. The van der Waals surface area contributed by atoms with Gasteiger partial charge in [0.15, 0.2) is 5.69 Å². The van der Waals surface area contributed by atoms with Crippen LogP contribution in [0.4, 0.5) is 5.69 Å². The number of aromatic amines is 1. The van der Waals surface area contributed by atoms with Crippen molar-refractivity contribution < 1.29 is 9.59 Å². The highest BCUT2D eigenvalue weighted by molar-refractivity contribution is 6.05. The van der Waals surface area contributed by atoms with Gasteiger partial charge >= 0.3 is 0 Å². The maximum absolute atomic E-state index is 12.2. The first-order chi connectivity index (χ1) is 11.6. The Kier molecular flexibility index (Phi) is 4.15. The van der Waals surface area contributed by atoms with Gasteiger partial charge in [0.1, 0.15) is 0 Å². The van der Waals surface area contributed by atoms with Gasteiger partial charge in [-0.15, -0.1) is 0 Å². The summed E-state index contributed by atoms with van der Waals surface area (Å²) in [7, 11) is 3.78. The van der Waals surface area contributed by atoms with E-state index in [0.29, 0.717) is 10.9 Å². The minimum Gasteiger partial charge on any atom is -0.378 e. The predicted molar refractivity (Wildman–Crippen MR) is 91.8 cm³/mol. The summed E-state index contributed by atoms with van der Waals surface area (Å²) in [4.78, 5) is 26.3. The lowest BCUT2D eigenvalue weighted by Gasteiger charge is -2.13. The van der Waals surface area contributed by atoms with E-state index in [4.69, 9.17) is 0 Å². The van der Waals surface area contributed by atoms with Gasteiger partial charge < -0.3 is 4.90 Å². The topological polar surface area (TPSA) is 90.1 Å². The summed E-state index contributed by atoms with van der Waals surface area (Å²) < 4.78 is 0. The smallest absolute Gasteiger partial charge is 0.290 e. The molecule has 1 aromatic heterocycles. The van der Waals surface area contributed by atoms with Crippen LogP contribution in [0.1, 0.15) is 20.8 Å². The minimum absolute atomic E-state index is 0.230. The second-order valence-corrected chi connectivity index (χ2v) is 5.47. The molecule has 0 unspecified atom stereocenters. The molecule has 0 fully saturated rings. The molecule has 0 saturated carbocycles. The Balaban J connectivity index is 1.70. The van der Waals surface area contributed by atoms with E-state index in [1.165, 1.54) is 0 Å². The van der Waals surface area contributed by atoms with Crippen LogP contribution in [0.2, 0.25) is 0 Å². The van der Waals surface area contributed by atoms with E-state index >= 15 is 0 Å². The fourth-order valence-corrected chi connectivity index (χ4v) is 2.31. The zero-order valence-corrected chi connectivity index (χ0v) is 13.3. The third kappa shape index (κ3) is 3.05. The summed E-state index contributed by atoms with van der Waals surface area (Å²) in [6.07, 6.45) is 0. The van der Waals surface area contributed by atoms with Crippen LogP contribution in [0.25, 0.3) is 10.9 Å². The molecule has 0 aliphatic rings. The van der Waals surface area contributed by atoms with Crippen molar-refractivity contribution in [3.63, 3.8) is 0 Å². The van der Waals surface area contributed by atoms with Crippen molar-refractivity contribution >= 4 is 28.4 Å². The van der Waals surface area contributed by atoms with Crippen LogP contribution >= 0.6 is 0 Å². The molecule has 122 valence electrons. The lowest BCUT2D eigenvalue weighted by Crippen LogP contribution is -2.41. The van der Waals surface area contributed by atoms with Gasteiger partial charge in [-0.2, -0.15) is 5.10 Å². The molecular formula is C17H17N5O2. The van der Waals surface area contributed by atoms with Crippen molar-refractivity contribution in [1.29, 1.82) is 0 Å². The first-order valence-corrected chi connectivity index (χ1v) is 7.37. The van der Waals surface area contributed by atoms with Crippen molar-refractivity contribution in [3.05, 3.63) is 59.8 Å². The fourth-order valence-electron chi connectivity index (χ4n) is 2.31. The number of rotatable bonds is 3. The normalized spacial score (nSPS) is 10.4. The predicted octanol–water partition coefficient (Wildman–Crippen LogP) is 1.70. The Morgan fingerprint density at radius 1 is 1.00 bits per heavy atom. The molecule has 0 spiro atoms. The lowest BCUT2D eigenvalue weighted by molar-refractivity contribution is 0.0845. The monoisotopic (exact) mass is 323 g/mol. The highest BCUT2D eigenvalue weighted by atomic mass is 16.2. The zero-order chi connectivity index (χ0) is 17.1. The molecule has 3 rings (SSSR count). The number of nitrogens with one attached hydrogen (secondary N) is 3. The number of H-pyrrole nitrogens is 1. The van der Waals surface area contributed by atoms with Gasteiger partial charge in [-0.3, -0.25) is 25.5 Å². The third-order valence-electron chi connectivity index (χ3n) is 3.60. The Bertz CT molecular complexity index is 901. The summed E-state index contributed by atoms with van der Waals surface area (Å²) in [6, 6.07) is 14.4. The van der Waals surface area contributed by atoms with E-state index in [2.05, 4.69) is 21.0 Å². The van der Waals surface area contributed by atoms with E-state index in [1.54, 1.807) is 24.3 Å². The van der Waals surface area contributed by atoms with Gasteiger partial charge in [-0.25, -0.2) is 0 Å². The Labute approximate surface area is 138 Å². The van der Waals surface area contributed by atoms with Crippen LogP contribution in [-0.2, 0) is 0 Å². The molecular weight excluding hydrogens is 306 g/mol. The first kappa shape index (κ1) is 15.5. The fraction of sp³-hybridized carbons (Fsp3) is 0.118. The molecule has 0 radical (unpaired) electrons. The molecule has 7 heteroatoms. The average molecular weight is 323 g/mol. The number of hydrazine groups is 1. The standard InChI is InChI=1S/C17H17N5O2/c1-22(2)12-7-5-6-11(10-12)16(23)20-21-17(24)15-13-8-3-4-9-14(13)18-19-15/h3-10H,1-2H3,(H,18,19)(H,20,23)(H,21,24). The molecule has 3 aromatic rings. The number of hydrogen-bond acceptors (Lipinski definition) is 4. The summed E-state index contributed by atoms with van der Waals surface area (Å²) in [5, 5.41) is 7.46. The molecule has 0 atom stereocenters. The number of para-hydroxylation sites is 1. The number of benzene rings is 2. The van der Waals surface area contributed by atoms with Crippen molar-refractivity contribution in [2.75, 3.05) is 19.0 Å². The van der Waals surface area contributed by atoms with Crippen LogP contribution in [-0.4, -0.2) is 36.1 Å². The maximum atomic E-state index is 12.2. The number of fused-ring (bicyclic) bond motifs is 1. The van der Waals surface area contributed by atoms with E-state index in [9.17, 15) is 9.59 Å². The van der Waals surface area contributed by atoms with Crippen LogP contribution in [0.5, 0.6) is 0 Å². The molecule has 24 heavy (non-hydrogen) atoms. The zero-order valence-electron chi connectivity index (χ0n) is 13.3. The number of carbonyl (C=O) groups excluding carboxylic acids is 2. The van der Waals surface area contributed by atoms with Gasteiger partial charge in [0.25, 0.3) is 11.8 Å². The Hall–Kier alpha value is -3.35. The van der Waals surface area contributed by atoms with Crippen LogP contribution < -0.4 is 15.8 Å². The van der Waals surface area contributed by atoms with Crippen molar-refractivity contribution in [1.82, 2.24) is 21.0 Å². The Morgan fingerprint density at radius 2 is 1.75 bits per heavy atom.